The molecule has 20 heavy (non-hydrogen) atoms. The molecule has 1 aliphatic rings. The van der Waals surface area contributed by atoms with Crippen LogP contribution in [0.4, 0.5) is 0 Å². The summed E-state index contributed by atoms with van der Waals surface area (Å²) < 4.78 is 5.29. The Balaban J connectivity index is 1.81. The molecule has 0 bridgehead atoms. The third-order valence-electron chi connectivity index (χ3n) is 3.79. The summed E-state index contributed by atoms with van der Waals surface area (Å²) in [7, 11) is 1.67. The Morgan fingerprint density at radius 1 is 1.45 bits per heavy atom. The fourth-order valence-electron chi connectivity index (χ4n) is 2.84. The number of aromatic nitrogens is 2. The molecule has 2 unspecified atom stereocenters. The number of likely N-dealkylation sites (tertiary alicyclic amines) is 1. The number of aliphatic hydroxyl groups excluding tert-OH is 1. The molecule has 3 rings (SSSR count). The van der Waals surface area contributed by atoms with Crippen LogP contribution in [-0.2, 0) is 6.54 Å². The summed E-state index contributed by atoms with van der Waals surface area (Å²) in [5.74, 6) is 0.852. The van der Waals surface area contributed by atoms with Crippen molar-refractivity contribution in [3.8, 4) is 5.75 Å². The molecule has 0 saturated carbocycles. The molecule has 0 spiro atoms. The molecule has 1 aromatic carbocycles. The van der Waals surface area contributed by atoms with Crippen LogP contribution in [0.25, 0.3) is 0 Å². The first kappa shape index (κ1) is 13.1. The Kier molecular flexibility index (Phi) is 3.71. The maximum atomic E-state index is 9.99. The second-order valence-corrected chi connectivity index (χ2v) is 5.19. The Morgan fingerprint density at radius 2 is 2.35 bits per heavy atom. The van der Waals surface area contributed by atoms with Crippen molar-refractivity contribution < 1.29 is 9.84 Å². The van der Waals surface area contributed by atoms with Crippen molar-refractivity contribution in [2.24, 2.45) is 0 Å². The number of benzene rings is 1. The lowest BCUT2D eigenvalue weighted by atomic mass is 10.0. The number of aliphatic hydroxyl groups is 1. The Hall–Kier alpha value is -1.85. The Labute approximate surface area is 118 Å². The van der Waals surface area contributed by atoms with E-state index in [-0.39, 0.29) is 12.1 Å². The van der Waals surface area contributed by atoms with Crippen molar-refractivity contribution in [3.05, 3.63) is 47.8 Å². The second kappa shape index (κ2) is 5.64. The highest BCUT2D eigenvalue weighted by Crippen LogP contribution is 2.34. The standard InChI is InChI=1S/C15H19N3O2/c1-20-14-4-2-3-11(7-14)15-8-13(19)10-18(15)9-12-5-6-16-17-12/h2-7,13,15,19H,8-10H2,1H3,(H,16,17). The maximum absolute atomic E-state index is 9.99. The van der Waals surface area contributed by atoms with Gasteiger partial charge in [0.25, 0.3) is 0 Å². The van der Waals surface area contributed by atoms with Crippen LogP contribution in [0.15, 0.2) is 36.5 Å². The van der Waals surface area contributed by atoms with Crippen molar-refractivity contribution in [1.29, 1.82) is 0 Å². The number of rotatable bonds is 4. The molecule has 1 aromatic heterocycles. The minimum absolute atomic E-state index is 0.211. The summed E-state index contributed by atoms with van der Waals surface area (Å²) in [6.07, 6.45) is 2.22. The number of H-pyrrole nitrogens is 1. The van der Waals surface area contributed by atoms with Crippen LogP contribution in [-0.4, -0.2) is 40.0 Å². The van der Waals surface area contributed by atoms with Crippen LogP contribution in [0.1, 0.15) is 23.7 Å². The molecule has 5 nitrogen and oxygen atoms in total. The topological polar surface area (TPSA) is 61.4 Å². The largest absolute Gasteiger partial charge is 0.497 e. The van der Waals surface area contributed by atoms with Crippen molar-refractivity contribution >= 4 is 0 Å². The number of ether oxygens (including phenoxy) is 1. The first-order chi connectivity index (χ1) is 9.76. The minimum Gasteiger partial charge on any atom is -0.497 e. The van der Waals surface area contributed by atoms with Crippen LogP contribution >= 0.6 is 0 Å². The molecule has 2 aromatic rings. The molecular weight excluding hydrogens is 254 g/mol. The molecule has 2 N–H and O–H groups in total. The average Bonchev–Trinajstić information content (AvgIpc) is 3.09. The van der Waals surface area contributed by atoms with Gasteiger partial charge in [-0.15, -0.1) is 0 Å². The van der Waals surface area contributed by atoms with E-state index in [0.717, 1.165) is 24.4 Å². The Bertz CT molecular complexity index is 556. The van der Waals surface area contributed by atoms with Crippen LogP contribution in [0.5, 0.6) is 5.75 Å². The van der Waals surface area contributed by atoms with E-state index in [9.17, 15) is 5.11 Å². The number of β-amino-alcohol motifs (C(OH)–C–C–N with tert-alkyl or cyclic N) is 1. The number of nitrogens with zero attached hydrogens (tertiary/aromatic N) is 2. The van der Waals surface area contributed by atoms with Gasteiger partial charge in [0, 0.05) is 31.0 Å². The summed E-state index contributed by atoms with van der Waals surface area (Å²) in [6, 6.07) is 10.2. The van der Waals surface area contributed by atoms with E-state index >= 15 is 0 Å². The summed E-state index contributed by atoms with van der Waals surface area (Å²) >= 11 is 0. The normalized spacial score (nSPS) is 23.1. The molecule has 2 heterocycles. The zero-order valence-electron chi connectivity index (χ0n) is 11.5. The lowest BCUT2D eigenvalue weighted by Gasteiger charge is -2.24. The predicted octanol–water partition coefficient (Wildman–Crippen LogP) is 1.73. The summed E-state index contributed by atoms with van der Waals surface area (Å²) in [5, 5.41) is 16.9. The van der Waals surface area contributed by atoms with Gasteiger partial charge in [0.15, 0.2) is 0 Å². The van der Waals surface area contributed by atoms with E-state index in [1.807, 2.05) is 24.3 Å². The van der Waals surface area contributed by atoms with E-state index in [1.165, 1.54) is 5.56 Å². The fourth-order valence-corrected chi connectivity index (χ4v) is 2.84. The van der Waals surface area contributed by atoms with Crippen LogP contribution in [0, 0.1) is 0 Å². The first-order valence-electron chi connectivity index (χ1n) is 6.80. The van der Waals surface area contributed by atoms with E-state index in [4.69, 9.17) is 4.74 Å². The zero-order chi connectivity index (χ0) is 13.9. The van der Waals surface area contributed by atoms with Gasteiger partial charge in [0.2, 0.25) is 0 Å². The number of nitrogens with one attached hydrogen (secondary N) is 1. The smallest absolute Gasteiger partial charge is 0.119 e. The van der Waals surface area contributed by atoms with Crippen molar-refractivity contribution in [3.63, 3.8) is 0 Å². The van der Waals surface area contributed by atoms with E-state index in [1.54, 1.807) is 13.3 Å². The maximum Gasteiger partial charge on any atom is 0.119 e. The van der Waals surface area contributed by atoms with Gasteiger partial charge in [-0.1, -0.05) is 12.1 Å². The second-order valence-electron chi connectivity index (χ2n) is 5.19. The van der Waals surface area contributed by atoms with E-state index in [0.29, 0.717) is 6.54 Å². The predicted molar refractivity (Wildman–Crippen MR) is 75.4 cm³/mol. The third-order valence-corrected chi connectivity index (χ3v) is 3.79. The SMILES string of the molecule is COc1cccc(C2CC(O)CN2Cc2ccn[nH]2)c1. The van der Waals surface area contributed by atoms with E-state index in [2.05, 4.69) is 21.2 Å². The minimum atomic E-state index is -0.283. The van der Waals surface area contributed by atoms with Gasteiger partial charge < -0.3 is 9.84 Å². The van der Waals surface area contributed by atoms with Crippen LogP contribution in [0.3, 0.4) is 0 Å². The summed E-state index contributed by atoms with van der Waals surface area (Å²) in [5.41, 5.74) is 2.24. The highest BCUT2D eigenvalue weighted by Gasteiger charge is 2.32. The van der Waals surface area contributed by atoms with Gasteiger partial charge >= 0.3 is 0 Å². The summed E-state index contributed by atoms with van der Waals surface area (Å²) in [6.45, 7) is 1.44. The van der Waals surface area contributed by atoms with Gasteiger partial charge in [-0.05, 0) is 30.2 Å². The zero-order valence-corrected chi connectivity index (χ0v) is 11.5. The molecule has 106 valence electrons. The summed E-state index contributed by atoms with van der Waals surface area (Å²) in [4.78, 5) is 2.27. The molecule has 1 fully saturated rings. The average molecular weight is 273 g/mol. The molecule has 2 atom stereocenters. The molecule has 0 aliphatic carbocycles. The molecule has 5 heteroatoms. The molecule has 1 saturated heterocycles. The van der Waals surface area contributed by atoms with Gasteiger partial charge in [-0.3, -0.25) is 10.00 Å². The van der Waals surface area contributed by atoms with Crippen LogP contribution < -0.4 is 4.74 Å². The van der Waals surface area contributed by atoms with Crippen molar-refractivity contribution in [2.75, 3.05) is 13.7 Å². The van der Waals surface area contributed by atoms with Gasteiger partial charge in [0.1, 0.15) is 5.75 Å². The quantitative estimate of drug-likeness (QED) is 0.890. The van der Waals surface area contributed by atoms with Crippen molar-refractivity contribution in [1.82, 2.24) is 15.1 Å². The monoisotopic (exact) mass is 273 g/mol. The van der Waals surface area contributed by atoms with Gasteiger partial charge in [-0.2, -0.15) is 5.10 Å². The fraction of sp³-hybridized carbons (Fsp3) is 0.400. The third kappa shape index (κ3) is 2.69. The number of hydrogen-bond acceptors (Lipinski definition) is 4. The number of methoxy groups -OCH3 is 1. The van der Waals surface area contributed by atoms with Crippen LogP contribution in [0.2, 0.25) is 0 Å². The number of aromatic amines is 1. The van der Waals surface area contributed by atoms with Crippen molar-refractivity contribution in [2.45, 2.75) is 25.1 Å². The number of hydrogen-bond donors (Lipinski definition) is 2. The Morgan fingerprint density at radius 3 is 3.10 bits per heavy atom. The molecule has 1 aliphatic heterocycles. The molecule has 0 amide bonds. The highest BCUT2D eigenvalue weighted by atomic mass is 16.5. The first-order valence-corrected chi connectivity index (χ1v) is 6.80. The molecule has 0 radical (unpaired) electrons. The van der Waals surface area contributed by atoms with E-state index < -0.39 is 0 Å². The lowest BCUT2D eigenvalue weighted by molar-refractivity contribution is 0.172. The molecular formula is C15H19N3O2. The highest BCUT2D eigenvalue weighted by molar-refractivity contribution is 5.31. The van der Waals surface area contributed by atoms with Gasteiger partial charge in [0.05, 0.1) is 13.2 Å². The lowest BCUT2D eigenvalue weighted by Crippen LogP contribution is -2.24. The van der Waals surface area contributed by atoms with Gasteiger partial charge in [-0.25, -0.2) is 0 Å².